The minimum absolute atomic E-state index is 0.943. The average molecular weight is 375 g/mol. The highest BCUT2D eigenvalue weighted by Gasteiger charge is 1.95. The molecule has 0 radical (unpaired) electrons. The SMILES string of the molecule is BrCc1ccc2sccc2c1.Cc1ccc2sccc2c1. The Morgan fingerprint density at radius 2 is 1.43 bits per heavy atom. The summed E-state index contributed by atoms with van der Waals surface area (Å²) in [5, 5.41) is 7.92. The molecule has 0 aliphatic heterocycles. The van der Waals surface area contributed by atoms with E-state index in [9.17, 15) is 0 Å². The molecule has 0 aliphatic rings. The molecule has 4 rings (SSSR count). The number of rotatable bonds is 1. The third-order valence-corrected chi connectivity index (χ3v) is 5.72. The van der Waals surface area contributed by atoms with E-state index in [0.29, 0.717) is 0 Å². The number of halogens is 1. The van der Waals surface area contributed by atoms with Crippen LogP contribution in [0, 0.1) is 6.92 Å². The second kappa shape index (κ2) is 6.73. The molecular formula is C18H15BrS2. The Balaban J connectivity index is 0.000000126. The van der Waals surface area contributed by atoms with E-state index in [0.717, 1.165) is 5.33 Å². The molecule has 0 atom stereocenters. The Hall–Kier alpha value is -1.16. The van der Waals surface area contributed by atoms with Gasteiger partial charge < -0.3 is 0 Å². The van der Waals surface area contributed by atoms with E-state index in [1.807, 2.05) is 0 Å². The minimum atomic E-state index is 0.943. The fourth-order valence-electron chi connectivity index (χ4n) is 2.19. The number of hydrogen-bond acceptors (Lipinski definition) is 2. The van der Waals surface area contributed by atoms with Crippen LogP contribution in [0.2, 0.25) is 0 Å². The summed E-state index contributed by atoms with van der Waals surface area (Å²) < 4.78 is 2.75. The van der Waals surface area contributed by atoms with Crippen molar-refractivity contribution in [2.24, 2.45) is 0 Å². The van der Waals surface area contributed by atoms with Crippen LogP contribution in [0.15, 0.2) is 59.3 Å². The van der Waals surface area contributed by atoms with Crippen molar-refractivity contribution in [3.63, 3.8) is 0 Å². The highest BCUT2D eigenvalue weighted by atomic mass is 79.9. The minimum Gasteiger partial charge on any atom is -0.144 e. The lowest BCUT2D eigenvalue weighted by atomic mass is 10.2. The van der Waals surface area contributed by atoms with Crippen LogP contribution in [0.5, 0.6) is 0 Å². The lowest BCUT2D eigenvalue weighted by Crippen LogP contribution is -1.73. The first-order chi connectivity index (χ1) is 10.3. The van der Waals surface area contributed by atoms with Crippen LogP contribution in [0.1, 0.15) is 11.1 Å². The van der Waals surface area contributed by atoms with E-state index in [1.54, 1.807) is 22.7 Å². The first kappa shape index (κ1) is 14.8. The van der Waals surface area contributed by atoms with E-state index in [1.165, 1.54) is 31.3 Å². The van der Waals surface area contributed by atoms with Gasteiger partial charge in [-0.15, -0.1) is 22.7 Å². The summed E-state index contributed by atoms with van der Waals surface area (Å²) in [4.78, 5) is 0. The molecule has 3 heteroatoms. The molecular weight excluding hydrogens is 360 g/mol. The first-order valence-corrected chi connectivity index (χ1v) is 9.60. The largest absolute Gasteiger partial charge is 0.144 e. The Labute approximate surface area is 141 Å². The van der Waals surface area contributed by atoms with Gasteiger partial charge in [0.25, 0.3) is 0 Å². The maximum Gasteiger partial charge on any atom is 0.0342 e. The van der Waals surface area contributed by atoms with E-state index < -0.39 is 0 Å². The van der Waals surface area contributed by atoms with Gasteiger partial charge in [-0.3, -0.25) is 0 Å². The van der Waals surface area contributed by atoms with Gasteiger partial charge in [-0.25, -0.2) is 0 Å². The van der Waals surface area contributed by atoms with E-state index in [-0.39, 0.29) is 0 Å². The Kier molecular flexibility index (Phi) is 4.73. The van der Waals surface area contributed by atoms with Gasteiger partial charge in [-0.2, -0.15) is 0 Å². The molecule has 0 unspecified atom stereocenters. The van der Waals surface area contributed by atoms with Crippen molar-refractivity contribution in [1.82, 2.24) is 0 Å². The molecule has 2 aromatic heterocycles. The van der Waals surface area contributed by atoms with Crippen molar-refractivity contribution in [2.45, 2.75) is 12.3 Å². The maximum atomic E-state index is 3.43. The van der Waals surface area contributed by atoms with Crippen molar-refractivity contribution in [2.75, 3.05) is 0 Å². The molecule has 0 spiro atoms. The van der Waals surface area contributed by atoms with Crippen LogP contribution >= 0.6 is 38.6 Å². The third kappa shape index (κ3) is 3.54. The molecule has 2 aromatic carbocycles. The number of aryl methyl sites for hydroxylation is 1. The van der Waals surface area contributed by atoms with Gasteiger partial charge in [0.1, 0.15) is 0 Å². The van der Waals surface area contributed by atoms with Gasteiger partial charge in [0.15, 0.2) is 0 Å². The summed E-state index contributed by atoms with van der Waals surface area (Å²) in [5.74, 6) is 0. The van der Waals surface area contributed by atoms with Crippen LogP contribution in [0.4, 0.5) is 0 Å². The molecule has 0 saturated heterocycles. The van der Waals surface area contributed by atoms with Crippen LogP contribution in [0.3, 0.4) is 0 Å². The predicted octanol–water partition coefficient (Wildman–Crippen LogP) is 7.01. The standard InChI is InChI=1S/C9H7BrS.C9H8S/c10-6-7-1-2-9-8(5-7)3-4-11-9;1-7-2-3-9-8(6-7)4-5-10-9/h1-5H,6H2;2-6H,1H3. The fourth-order valence-corrected chi connectivity index (χ4v) is 4.08. The molecule has 0 N–H and O–H groups in total. The van der Waals surface area contributed by atoms with E-state index >= 15 is 0 Å². The average Bonchev–Trinajstić information content (AvgIpc) is 3.15. The summed E-state index contributed by atoms with van der Waals surface area (Å²) in [6.07, 6.45) is 0. The number of fused-ring (bicyclic) bond motifs is 2. The molecule has 0 nitrogen and oxygen atoms in total. The molecule has 106 valence electrons. The summed E-state index contributed by atoms with van der Waals surface area (Å²) in [6, 6.07) is 17.4. The summed E-state index contributed by atoms with van der Waals surface area (Å²) >= 11 is 7.02. The van der Waals surface area contributed by atoms with Crippen LogP contribution < -0.4 is 0 Å². The third-order valence-electron chi connectivity index (χ3n) is 3.28. The van der Waals surface area contributed by atoms with Crippen molar-refractivity contribution >= 4 is 58.8 Å². The zero-order valence-electron chi connectivity index (χ0n) is 11.7. The molecule has 2 heterocycles. The number of alkyl halides is 1. The van der Waals surface area contributed by atoms with Gasteiger partial charge >= 0.3 is 0 Å². The predicted molar refractivity (Wildman–Crippen MR) is 101 cm³/mol. The molecule has 0 aliphatic carbocycles. The van der Waals surface area contributed by atoms with Gasteiger partial charge in [0, 0.05) is 14.7 Å². The van der Waals surface area contributed by atoms with E-state index in [4.69, 9.17) is 0 Å². The molecule has 0 bridgehead atoms. The van der Waals surface area contributed by atoms with Crippen molar-refractivity contribution in [3.8, 4) is 0 Å². The molecule has 0 amide bonds. The summed E-state index contributed by atoms with van der Waals surface area (Å²) in [6.45, 7) is 2.12. The summed E-state index contributed by atoms with van der Waals surface area (Å²) in [7, 11) is 0. The first-order valence-electron chi connectivity index (χ1n) is 6.72. The Morgan fingerprint density at radius 3 is 2.10 bits per heavy atom. The van der Waals surface area contributed by atoms with Crippen LogP contribution in [-0.2, 0) is 5.33 Å². The molecule has 0 saturated carbocycles. The van der Waals surface area contributed by atoms with Crippen molar-refractivity contribution in [3.05, 3.63) is 70.4 Å². The number of hydrogen-bond donors (Lipinski definition) is 0. The van der Waals surface area contributed by atoms with Gasteiger partial charge in [0.2, 0.25) is 0 Å². The van der Waals surface area contributed by atoms with Gasteiger partial charge in [0.05, 0.1) is 0 Å². The topological polar surface area (TPSA) is 0 Å². The van der Waals surface area contributed by atoms with Gasteiger partial charge in [-0.05, 0) is 64.4 Å². The highest BCUT2D eigenvalue weighted by Crippen LogP contribution is 2.22. The zero-order valence-corrected chi connectivity index (χ0v) is 14.9. The maximum absolute atomic E-state index is 3.43. The quantitative estimate of drug-likeness (QED) is 0.314. The summed E-state index contributed by atoms with van der Waals surface area (Å²) in [5.41, 5.74) is 2.68. The van der Waals surface area contributed by atoms with Crippen molar-refractivity contribution in [1.29, 1.82) is 0 Å². The number of thiophene rings is 2. The number of benzene rings is 2. The van der Waals surface area contributed by atoms with Crippen LogP contribution in [-0.4, -0.2) is 0 Å². The Morgan fingerprint density at radius 1 is 0.810 bits per heavy atom. The second-order valence-electron chi connectivity index (χ2n) is 4.89. The lowest BCUT2D eigenvalue weighted by molar-refractivity contribution is 1.47. The molecule has 21 heavy (non-hydrogen) atoms. The molecule has 0 fully saturated rings. The monoisotopic (exact) mass is 374 g/mol. The molecule has 4 aromatic rings. The zero-order chi connectivity index (χ0) is 14.7. The second-order valence-corrected chi connectivity index (χ2v) is 7.34. The van der Waals surface area contributed by atoms with Crippen LogP contribution in [0.25, 0.3) is 20.2 Å². The van der Waals surface area contributed by atoms with Gasteiger partial charge in [-0.1, -0.05) is 39.7 Å². The fraction of sp³-hybridized carbons (Fsp3) is 0.111. The smallest absolute Gasteiger partial charge is 0.0342 e. The highest BCUT2D eigenvalue weighted by molar-refractivity contribution is 9.08. The Bertz CT molecular complexity index is 858. The normalized spacial score (nSPS) is 10.6. The lowest BCUT2D eigenvalue weighted by Gasteiger charge is -1.93. The van der Waals surface area contributed by atoms with E-state index in [2.05, 4.69) is 82.1 Å². The van der Waals surface area contributed by atoms with Crippen molar-refractivity contribution < 1.29 is 0 Å².